The molecule has 1 aromatic carbocycles. The summed E-state index contributed by atoms with van der Waals surface area (Å²) in [4.78, 5) is 28.5. The van der Waals surface area contributed by atoms with Crippen molar-refractivity contribution >= 4 is 17.4 Å². The zero-order chi connectivity index (χ0) is 17.3. The van der Waals surface area contributed by atoms with Gasteiger partial charge in [-0.25, -0.2) is 0 Å². The van der Waals surface area contributed by atoms with Gasteiger partial charge in [0.1, 0.15) is 5.69 Å². The van der Waals surface area contributed by atoms with Crippen molar-refractivity contribution in [3.63, 3.8) is 0 Å². The number of anilines is 1. The number of aromatic nitrogens is 1. The standard InChI is InChI=1S/C17H17N3O4/c1-11-7-8-15(17(18-11)20(22)23)24-10-16(21)19-12(2)9-13-5-3-4-6-14(13)19/h3-8,12H,9-10H2,1-2H3/t12-/m1/s1. The predicted octanol–water partition coefficient (Wildman–Crippen LogP) is 2.65. The van der Waals surface area contributed by atoms with Gasteiger partial charge in [0, 0.05) is 18.7 Å². The highest BCUT2D eigenvalue weighted by Crippen LogP contribution is 2.32. The van der Waals surface area contributed by atoms with E-state index in [4.69, 9.17) is 4.74 Å². The quantitative estimate of drug-likeness (QED) is 0.636. The molecule has 0 radical (unpaired) electrons. The monoisotopic (exact) mass is 327 g/mol. The molecule has 1 aliphatic heterocycles. The van der Waals surface area contributed by atoms with Crippen molar-refractivity contribution in [3.05, 3.63) is 57.8 Å². The lowest BCUT2D eigenvalue weighted by Gasteiger charge is -2.22. The van der Waals surface area contributed by atoms with Crippen molar-refractivity contribution in [2.45, 2.75) is 26.3 Å². The number of nitrogens with zero attached hydrogens (tertiary/aromatic N) is 3. The Morgan fingerprint density at radius 3 is 2.88 bits per heavy atom. The molecule has 1 aromatic heterocycles. The Kier molecular flexibility index (Phi) is 4.16. The van der Waals surface area contributed by atoms with Gasteiger partial charge < -0.3 is 19.8 Å². The fraction of sp³-hybridized carbons (Fsp3) is 0.294. The van der Waals surface area contributed by atoms with Gasteiger partial charge in [0.15, 0.2) is 6.61 Å². The summed E-state index contributed by atoms with van der Waals surface area (Å²) in [7, 11) is 0. The van der Waals surface area contributed by atoms with Crippen LogP contribution in [-0.2, 0) is 11.2 Å². The summed E-state index contributed by atoms with van der Waals surface area (Å²) in [5.41, 5.74) is 2.50. The minimum absolute atomic E-state index is 0.000847. The number of rotatable bonds is 4. The summed E-state index contributed by atoms with van der Waals surface area (Å²) in [6.07, 6.45) is 0.786. The fourth-order valence-corrected chi connectivity index (χ4v) is 2.93. The van der Waals surface area contributed by atoms with Crippen LogP contribution < -0.4 is 9.64 Å². The van der Waals surface area contributed by atoms with E-state index in [1.165, 1.54) is 6.07 Å². The number of hydrogen-bond acceptors (Lipinski definition) is 5. The molecule has 3 rings (SSSR count). The fourth-order valence-electron chi connectivity index (χ4n) is 2.93. The lowest BCUT2D eigenvalue weighted by atomic mass is 10.1. The lowest BCUT2D eigenvalue weighted by molar-refractivity contribution is -0.390. The summed E-state index contributed by atoms with van der Waals surface area (Å²) in [5.74, 6) is -0.612. The van der Waals surface area contributed by atoms with E-state index in [9.17, 15) is 14.9 Å². The summed E-state index contributed by atoms with van der Waals surface area (Å²) in [5, 5.41) is 11.1. The number of carbonyl (C=O) groups excluding carboxylic acids is 1. The van der Waals surface area contributed by atoms with Gasteiger partial charge in [-0.1, -0.05) is 18.2 Å². The van der Waals surface area contributed by atoms with Crippen molar-refractivity contribution in [2.75, 3.05) is 11.5 Å². The number of carbonyl (C=O) groups is 1. The van der Waals surface area contributed by atoms with Crippen molar-refractivity contribution in [1.82, 2.24) is 4.98 Å². The molecule has 1 atom stereocenters. The van der Waals surface area contributed by atoms with Gasteiger partial charge in [-0.05, 0) is 47.0 Å². The van der Waals surface area contributed by atoms with E-state index in [0.717, 1.165) is 17.7 Å². The first kappa shape index (κ1) is 15.9. The molecule has 124 valence electrons. The highest BCUT2D eigenvalue weighted by molar-refractivity contribution is 5.97. The molecule has 0 saturated carbocycles. The lowest BCUT2D eigenvalue weighted by Crippen LogP contribution is -2.39. The summed E-state index contributed by atoms with van der Waals surface area (Å²) < 4.78 is 5.40. The molecule has 7 nitrogen and oxygen atoms in total. The van der Waals surface area contributed by atoms with Crippen LogP contribution in [0.25, 0.3) is 0 Å². The molecule has 7 heteroatoms. The van der Waals surface area contributed by atoms with Crippen LogP contribution in [0.15, 0.2) is 36.4 Å². The van der Waals surface area contributed by atoms with E-state index in [1.54, 1.807) is 17.9 Å². The molecule has 1 aliphatic rings. The van der Waals surface area contributed by atoms with Crippen molar-refractivity contribution in [2.24, 2.45) is 0 Å². The van der Waals surface area contributed by atoms with Gasteiger partial charge in [-0.2, -0.15) is 0 Å². The highest BCUT2D eigenvalue weighted by atomic mass is 16.6. The SMILES string of the molecule is Cc1ccc(OCC(=O)N2c3ccccc3C[C@H]2C)c([N+](=O)[O-])n1. The van der Waals surface area contributed by atoms with E-state index in [0.29, 0.717) is 5.69 Å². The molecular formula is C17H17N3O4. The van der Waals surface area contributed by atoms with Crippen molar-refractivity contribution in [1.29, 1.82) is 0 Å². The number of fused-ring (bicyclic) bond motifs is 1. The van der Waals surface area contributed by atoms with Gasteiger partial charge in [0.2, 0.25) is 5.75 Å². The Labute approximate surface area is 139 Å². The van der Waals surface area contributed by atoms with Crippen LogP contribution in [-0.4, -0.2) is 28.5 Å². The van der Waals surface area contributed by atoms with Crippen LogP contribution in [0.3, 0.4) is 0 Å². The van der Waals surface area contributed by atoms with Gasteiger partial charge in [-0.15, -0.1) is 0 Å². The molecule has 24 heavy (non-hydrogen) atoms. The summed E-state index contributed by atoms with van der Waals surface area (Å²) >= 11 is 0. The maximum atomic E-state index is 12.6. The molecule has 0 spiro atoms. The zero-order valence-electron chi connectivity index (χ0n) is 13.4. The number of para-hydroxylation sites is 1. The van der Waals surface area contributed by atoms with E-state index in [1.807, 2.05) is 31.2 Å². The molecule has 0 bridgehead atoms. The van der Waals surface area contributed by atoms with Crippen molar-refractivity contribution < 1.29 is 14.5 Å². The Hall–Kier alpha value is -2.96. The largest absolute Gasteiger partial charge is 0.476 e. The second kappa shape index (κ2) is 6.27. The number of amides is 1. The first-order valence-corrected chi connectivity index (χ1v) is 7.62. The minimum Gasteiger partial charge on any atom is -0.476 e. The summed E-state index contributed by atoms with van der Waals surface area (Å²) in [6.45, 7) is 3.35. The Morgan fingerprint density at radius 2 is 2.12 bits per heavy atom. The third kappa shape index (κ3) is 2.92. The van der Waals surface area contributed by atoms with Gasteiger partial charge in [-0.3, -0.25) is 4.79 Å². The van der Waals surface area contributed by atoms with E-state index >= 15 is 0 Å². The topological polar surface area (TPSA) is 85.6 Å². The molecule has 2 aromatic rings. The highest BCUT2D eigenvalue weighted by Gasteiger charge is 2.31. The van der Waals surface area contributed by atoms with E-state index in [-0.39, 0.29) is 30.1 Å². The number of nitro groups is 1. The molecule has 0 fully saturated rings. The second-order valence-electron chi connectivity index (χ2n) is 5.77. The Morgan fingerprint density at radius 1 is 1.38 bits per heavy atom. The summed E-state index contributed by atoms with van der Waals surface area (Å²) in [6, 6.07) is 10.8. The van der Waals surface area contributed by atoms with Gasteiger partial charge in [0.25, 0.3) is 5.91 Å². The molecule has 1 amide bonds. The predicted molar refractivity (Wildman–Crippen MR) is 88.2 cm³/mol. The smallest absolute Gasteiger partial charge is 0.406 e. The van der Waals surface area contributed by atoms with E-state index < -0.39 is 4.92 Å². The Balaban J connectivity index is 1.76. The molecular weight excluding hydrogens is 310 g/mol. The van der Waals surface area contributed by atoms with E-state index in [2.05, 4.69) is 4.98 Å². The second-order valence-corrected chi connectivity index (χ2v) is 5.77. The number of pyridine rings is 1. The average Bonchev–Trinajstić information content (AvgIpc) is 2.89. The van der Waals surface area contributed by atoms with Gasteiger partial charge >= 0.3 is 5.82 Å². The first-order chi connectivity index (χ1) is 11.5. The minimum atomic E-state index is -0.611. The number of aryl methyl sites for hydroxylation is 1. The molecule has 2 heterocycles. The van der Waals surface area contributed by atoms with Crippen molar-refractivity contribution in [3.8, 4) is 5.75 Å². The first-order valence-electron chi connectivity index (χ1n) is 7.62. The maximum Gasteiger partial charge on any atom is 0.406 e. The van der Waals surface area contributed by atoms with Crippen LogP contribution in [0, 0.1) is 17.0 Å². The molecule has 0 aliphatic carbocycles. The third-order valence-corrected chi connectivity index (χ3v) is 3.98. The Bertz CT molecular complexity index is 806. The van der Waals surface area contributed by atoms with Crippen LogP contribution in [0.2, 0.25) is 0 Å². The van der Waals surface area contributed by atoms with Crippen LogP contribution in [0.1, 0.15) is 18.2 Å². The normalized spacial score (nSPS) is 15.9. The number of ether oxygens (including phenoxy) is 1. The van der Waals surface area contributed by atoms with Crippen LogP contribution in [0.4, 0.5) is 11.5 Å². The number of hydrogen-bond donors (Lipinski definition) is 0. The van der Waals surface area contributed by atoms with Crippen LogP contribution in [0.5, 0.6) is 5.75 Å². The average molecular weight is 327 g/mol. The third-order valence-electron chi connectivity index (χ3n) is 3.98. The maximum absolute atomic E-state index is 12.6. The molecule has 0 saturated heterocycles. The molecule has 0 unspecified atom stereocenters. The van der Waals surface area contributed by atoms with Gasteiger partial charge in [0.05, 0.1) is 0 Å². The molecule has 0 N–H and O–H groups in total. The van der Waals surface area contributed by atoms with Crippen LogP contribution >= 0.6 is 0 Å². The number of benzene rings is 1. The zero-order valence-corrected chi connectivity index (χ0v) is 13.4.